The van der Waals surface area contributed by atoms with Crippen LogP contribution in [0.3, 0.4) is 0 Å². The molecule has 4 nitrogen and oxygen atoms in total. The summed E-state index contributed by atoms with van der Waals surface area (Å²) in [6, 6.07) is 0. The number of aryl methyl sites for hydroxylation is 1. The highest BCUT2D eigenvalue weighted by Gasteiger charge is 1.94. The van der Waals surface area contributed by atoms with Crippen LogP contribution >= 0.6 is 26.2 Å². The molecule has 0 spiro atoms. The first kappa shape index (κ1) is 11.0. The Labute approximate surface area is 78.5 Å². The molecule has 0 radical (unpaired) electrons. The summed E-state index contributed by atoms with van der Waals surface area (Å²) in [7, 11) is 2.70. The highest BCUT2D eigenvalue weighted by molar-refractivity contribution is 8.93. The lowest BCUT2D eigenvalue weighted by Crippen LogP contribution is -1.88. The van der Waals surface area contributed by atoms with E-state index in [0.717, 1.165) is 24.8 Å². The minimum absolute atomic E-state index is 0. The van der Waals surface area contributed by atoms with Crippen LogP contribution in [0.2, 0.25) is 0 Å². The number of nitrogens with zero attached hydrogens (tertiary/aromatic N) is 3. The van der Waals surface area contributed by atoms with Crippen LogP contribution in [-0.2, 0) is 6.42 Å². The monoisotopic (exact) mass is 238 g/mol. The van der Waals surface area contributed by atoms with Gasteiger partial charge in [0.05, 0.1) is 0 Å². The van der Waals surface area contributed by atoms with Crippen LogP contribution in [0.25, 0.3) is 0 Å². The van der Waals surface area contributed by atoms with E-state index in [4.69, 9.17) is 0 Å². The van der Waals surface area contributed by atoms with Gasteiger partial charge in [0.25, 0.3) is 0 Å². The number of aromatic amines is 1. The largest absolute Gasteiger partial charge is 0.243 e. The van der Waals surface area contributed by atoms with Gasteiger partial charge in [-0.15, -0.1) is 31.3 Å². The third-order valence-electron chi connectivity index (χ3n) is 1.26. The SMILES string of the molecule is Br.PCCCCc1nnn[nH]1. The minimum Gasteiger partial charge on any atom is -0.243 e. The number of rotatable bonds is 4. The zero-order valence-electron chi connectivity index (χ0n) is 6.16. The molecule has 1 N–H and O–H groups in total. The van der Waals surface area contributed by atoms with Crippen LogP contribution in [0.5, 0.6) is 0 Å². The molecule has 1 atom stereocenters. The molecule has 1 heterocycles. The van der Waals surface area contributed by atoms with E-state index < -0.39 is 0 Å². The van der Waals surface area contributed by atoms with E-state index in [2.05, 4.69) is 29.9 Å². The van der Waals surface area contributed by atoms with Gasteiger partial charge in [-0.2, -0.15) is 0 Å². The van der Waals surface area contributed by atoms with Gasteiger partial charge in [-0.05, 0) is 29.4 Å². The van der Waals surface area contributed by atoms with E-state index in [9.17, 15) is 0 Å². The van der Waals surface area contributed by atoms with E-state index in [0.29, 0.717) is 0 Å². The number of nitrogens with one attached hydrogen (secondary N) is 1. The fourth-order valence-corrected chi connectivity index (χ4v) is 1.01. The lowest BCUT2D eigenvalue weighted by molar-refractivity contribution is 0.760. The number of H-pyrrole nitrogens is 1. The Kier molecular flexibility index (Phi) is 6.66. The molecule has 6 heteroatoms. The highest BCUT2D eigenvalue weighted by Crippen LogP contribution is 1.98. The van der Waals surface area contributed by atoms with Crippen molar-refractivity contribution in [2.75, 3.05) is 6.16 Å². The summed E-state index contributed by atoms with van der Waals surface area (Å²) >= 11 is 0. The number of hydrogen-bond acceptors (Lipinski definition) is 3. The van der Waals surface area contributed by atoms with Gasteiger partial charge in [0.2, 0.25) is 0 Å². The van der Waals surface area contributed by atoms with Gasteiger partial charge in [-0.25, -0.2) is 5.10 Å². The normalized spacial score (nSPS) is 9.18. The second-order valence-corrected chi connectivity index (χ2v) is 2.67. The fourth-order valence-electron chi connectivity index (χ4n) is 0.721. The summed E-state index contributed by atoms with van der Waals surface area (Å²) in [6.45, 7) is 0. The van der Waals surface area contributed by atoms with Crippen molar-refractivity contribution in [2.24, 2.45) is 0 Å². The minimum atomic E-state index is 0. The Hall–Kier alpha value is -0.0200. The first-order valence-corrected chi connectivity index (χ1v) is 4.18. The van der Waals surface area contributed by atoms with Crippen molar-refractivity contribution in [3.05, 3.63) is 5.82 Å². The smallest absolute Gasteiger partial charge is 0.148 e. The molecule has 11 heavy (non-hydrogen) atoms. The van der Waals surface area contributed by atoms with Crippen molar-refractivity contribution >= 4 is 26.2 Å². The Morgan fingerprint density at radius 1 is 1.36 bits per heavy atom. The van der Waals surface area contributed by atoms with E-state index in [1.165, 1.54) is 6.42 Å². The summed E-state index contributed by atoms with van der Waals surface area (Å²) in [5.41, 5.74) is 0. The molecule has 0 amide bonds. The van der Waals surface area contributed by atoms with Crippen molar-refractivity contribution < 1.29 is 0 Å². The Balaban J connectivity index is 0.000001000. The van der Waals surface area contributed by atoms with Gasteiger partial charge >= 0.3 is 0 Å². The highest BCUT2D eigenvalue weighted by atomic mass is 79.9. The predicted molar refractivity (Wildman–Crippen MR) is 52.0 cm³/mol. The van der Waals surface area contributed by atoms with Crippen molar-refractivity contribution in [2.45, 2.75) is 19.3 Å². The lowest BCUT2D eigenvalue weighted by atomic mass is 10.2. The number of unbranched alkanes of at least 4 members (excludes halogenated alkanes) is 1. The average Bonchev–Trinajstić information content (AvgIpc) is 2.41. The molecular weight excluding hydrogens is 227 g/mol. The first-order valence-electron chi connectivity index (χ1n) is 3.36. The zero-order valence-corrected chi connectivity index (χ0v) is 9.02. The molecule has 0 bridgehead atoms. The second-order valence-electron chi connectivity index (χ2n) is 2.09. The molecule has 0 fully saturated rings. The van der Waals surface area contributed by atoms with Gasteiger partial charge in [-0.1, -0.05) is 0 Å². The molecule has 0 saturated carbocycles. The number of halogens is 1. The summed E-state index contributed by atoms with van der Waals surface area (Å²) < 4.78 is 0. The van der Waals surface area contributed by atoms with Crippen LogP contribution in [0.1, 0.15) is 18.7 Å². The van der Waals surface area contributed by atoms with Crippen LogP contribution in [0.15, 0.2) is 0 Å². The van der Waals surface area contributed by atoms with Crippen LogP contribution < -0.4 is 0 Å². The third kappa shape index (κ3) is 4.43. The third-order valence-corrected chi connectivity index (χ3v) is 1.67. The maximum absolute atomic E-state index is 3.76. The molecule has 1 rings (SSSR count). The fraction of sp³-hybridized carbons (Fsp3) is 0.800. The molecule has 0 aliphatic carbocycles. The Morgan fingerprint density at radius 2 is 2.18 bits per heavy atom. The van der Waals surface area contributed by atoms with Crippen LogP contribution in [0, 0.1) is 0 Å². The van der Waals surface area contributed by atoms with Crippen molar-refractivity contribution in [3.8, 4) is 0 Å². The summed E-state index contributed by atoms with van der Waals surface area (Å²) in [5, 5.41) is 13.4. The summed E-state index contributed by atoms with van der Waals surface area (Å²) in [4.78, 5) is 0. The lowest BCUT2D eigenvalue weighted by Gasteiger charge is -1.91. The van der Waals surface area contributed by atoms with Gasteiger partial charge in [0.1, 0.15) is 5.82 Å². The second kappa shape index (κ2) is 6.68. The van der Waals surface area contributed by atoms with Crippen molar-refractivity contribution in [1.29, 1.82) is 0 Å². The van der Waals surface area contributed by atoms with E-state index in [-0.39, 0.29) is 17.0 Å². The van der Waals surface area contributed by atoms with Crippen molar-refractivity contribution in [1.82, 2.24) is 20.6 Å². The van der Waals surface area contributed by atoms with Crippen molar-refractivity contribution in [3.63, 3.8) is 0 Å². The topological polar surface area (TPSA) is 54.5 Å². The molecule has 1 aromatic heterocycles. The Bertz CT molecular complexity index is 167. The summed E-state index contributed by atoms with van der Waals surface area (Å²) in [5.74, 6) is 0.887. The molecule has 0 aromatic carbocycles. The molecular formula is C5H12BrN4P. The summed E-state index contributed by atoms with van der Waals surface area (Å²) in [6.07, 6.45) is 4.48. The van der Waals surface area contributed by atoms with Gasteiger partial charge in [-0.3, -0.25) is 0 Å². The maximum Gasteiger partial charge on any atom is 0.148 e. The first-order chi connectivity index (χ1) is 4.93. The molecule has 1 unspecified atom stereocenters. The quantitative estimate of drug-likeness (QED) is 0.629. The number of aromatic nitrogens is 4. The van der Waals surface area contributed by atoms with E-state index in [1.807, 2.05) is 0 Å². The molecule has 0 aliphatic heterocycles. The van der Waals surface area contributed by atoms with Gasteiger partial charge in [0, 0.05) is 6.42 Å². The molecule has 0 aliphatic rings. The van der Waals surface area contributed by atoms with E-state index in [1.54, 1.807) is 0 Å². The van der Waals surface area contributed by atoms with Crippen LogP contribution in [0.4, 0.5) is 0 Å². The van der Waals surface area contributed by atoms with E-state index >= 15 is 0 Å². The van der Waals surface area contributed by atoms with Gasteiger partial charge < -0.3 is 0 Å². The predicted octanol–water partition coefficient (Wildman–Crippen LogP) is 0.975. The average molecular weight is 239 g/mol. The number of hydrogen-bond donors (Lipinski definition) is 1. The standard InChI is InChI=1S/C5H11N4P.BrH/c10-4-2-1-3-5-6-8-9-7-5;/h1-4,10H2,(H,6,7,8,9);1H. The van der Waals surface area contributed by atoms with Crippen LogP contribution in [-0.4, -0.2) is 26.8 Å². The number of tetrazole rings is 1. The van der Waals surface area contributed by atoms with Gasteiger partial charge in [0.15, 0.2) is 0 Å². The zero-order chi connectivity index (χ0) is 7.23. The molecule has 64 valence electrons. The maximum atomic E-state index is 3.76. The molecule has 1 aromatic rings. The molecule has 0 saturated heterocycles. The Morgan fingerprint density at radius 3 is 2.73 bits per heavy atom.